The second-order valence-corrected chi connectivity index (χ2v) is 9.60. The van der Waals surface area contributed by atoms with Gasteiger partial charge in [-0.15, -0.1) is 0 Å². The predicted octanol–water partition coefficient (Wildman–Crippen LogP) is -0.0159. The summed E-state index contributed by atoms with van der Waals surface area (Å²) in [5, 5.41) is 20.8. The lowest BCUT2D eigenvalue weighted by molar-refractivity contribution is -0.141. The Bertz CT molecular complexity index is 1010. The number of hydrogen-bond acceptors (Lipinski definition) is 11. The van der Waals surface area contributed by atoms with Crippen LogP contribution in [-0.4, -0.2) is 92.0 Å². The molecule has 0 aliphatic carbocycles. The monoisotopic (exact) mass is 522 g/mol. The molecule has 1 saturated heterocycles. The highest BCUT2D eigenvalue weighted by Gasteiger charge is 2.59. The number of carbonyl (C=O) groups is 3. The Labute approximate surface area is 198 Å². The summed E-state index contributed by atoms with van der Waals surface area (Å²) in [4.78, 5) is 51.4. The number of hydrogen-bond donors (Lipinski definition) is 3. The smallest absolute Gasteiger partial charge is 0.412 e. The Balaban J connectivity index is 1.39. The fourth-order valence-corrected chi connectivity index (χ4v) is 4.77. The Hall–Kier alpha value is -2.53. The first-order chi connectivity index (χ1) is 16.1. The second kappa shape index (κ2) is 11.3. The molecule has 1 aromatic heterocycles. The molecule has 2 aliphatic heterocycles. The molecule has 0 bridgehead atoms. The number of nitrogens with one attached hydrogen (secondary N) is 1. The molecular formula is C18H20F2N4O8S2. The number of halogens is 2. The van der Waals surface area contributed by atoms with E-state index in [4.69, 9.17) is 14.6 Å². The zero-order chi connectivity index (χ0) is 24.9. The van der Waals surface area contributed by atoms with Gasteiger partial charge in [0.25, 0.3) is 11.8 Å². The van der Waals surface area contributed by atoms with Gasteiger partial charge in [-0.1, -0.05) is 21.6 Å². The van der Waals surface area contributed by atoms with Crippen LogP contribution in [0, 0.1) is 0 Å². The molecule has 16 heteroatoms. The van der Waals surface area contributed by atoms with E-state index in [0.717, 1.165) is 17.2 Å². The largest absolute Gasteiger partial charge is 0.448 e. The van der Waals surface area contributed by atoms with Crippen molar-refractivity contribution in [2.24, 2.45) is 0 Å². The molecule has 0 spiro atoms. The predicted molar refractivity (Wildman–Crippen MR) is 116 cm³/mol. The molecule has 3 heterocycles. The molecule has 1 aromatic rings. The zero-order valence-corrected chi connectivity index (χ0v) is 19.0. The minimum atomic E-state index is -3.85. The van der Waals surface area contributed by atoms with Crippen molar-refractivity contribution in [2.75, 3.05) is 36.6 Å². The maximum absolute atomic E-state index is 14.2. The first-order valence-electron chi connectivity index (χ1n) is 9.78. The molecule has 3 N–H and O–H groups in total. The van der Waals surface area contributed by atoms with E-state index in [-0.39, 0.29) is 30.8 Å². The van der Waals surface area contributed by atoms with Gasteiger partial charge in [0.2, 0.25) is 6.23 Å². The number of imide groups is 1. The molecule has 34 heavy (non-hydrogen) atoms. The van der Waals surface area contributed by atoms with Crippen LogP contribution in [0.2, 0.25) is 0 Å². The van der Waals surface area contributed by atoms with E-state index in [1.807, 2.05) is 0 Å². The van der Waals surface area contributed by atoms with Crippen molar-refractivity contribution in [1.29, 1.82) is 0 Å². The van der Waals surface area contributed by atoms with E-state index >= 15 is 0 Å². The number of aliphatic hydroxyl groups excluding tert-OH is 2. The number of carbonyl (C=O) groups excluding carboxylic acids is 3. The summed E-state index contributed by atoms with van der Waals surface area (Å²) in [5.74, 6) is -3.91. The fraction of sp³-hybridized carbons (Fsp3) is 0.500. The zero-order valence-electron chi connectivity index (χ0n) is 17.3. The Morgan fingerprint density at radius 2 is 1.91 bits per heavy atom. The lowest BCUT2D eigenvalue weighted by Gasteiger charge is -2.21. The second-order valence-electron chi connectivity index (χ2n) is 6.90. The average Bonchev–Trinajstić information content (AvgIpc) is 3.22. The van der Waals surface area contributed by atoms with Crippen molar-refractivity contribution in [2.45, 2.75) is 24.4 Å². The molecule has 12 nitrogen and oxygen atoms in total. The molecule has 0 aromatic carbocycles. The number of nitrogens with zero attached hydrogens (tertiary/aromatic N) is 3. The van der Waals surface area contributed by atoms with Crippen LogP contribution in [-0.2, 0) is 19.1 Å². The van der Waals surface area contributed by atoms with Crippen LogP contribution >= 0.6 is 21.6 Å². The van der Waals surface area contributed by atoms with Crippen molar-refractivity contribution in [3.8, 4) is 0 Å². The topological polar surface area (TPSA) is 160 Å². The molecule has 3 rings (SSSR count). The molecule has 1 unspecified atom stereocenters. The minimum Gasteiger partial charge on any atom is -0.448 e. The number of amides is 3. The minimum absolute atomic E-state index is 0.00622. The van der Waals surface area contributed by atoms with Crippen molar-refractivity contribution in [3.05, 3.63) is 34.9 Å². The summed E-state index contributed by atoms with van der Waals surface area (Å²) >= 11 is 0. The van der Waals surface area contributed by atoms with Gasteiger partial charge < -0.3 is 19.7 Å². The Morgan fingerprint density at radius 3 is 2.53 bits per heavy atom. The van der Waals surface area contributed by atoms with Crippen LogP contribution < -0.4 is 11.0 Å². The van der Waals surface area contributed by atoms with E-state index < -0.39 is 42.7 Å². The lowest BCUT2D eigenvalue weighted by Crippen LogP contribution is -2.41. The van der Waals surface area contributed by atoms with Crippen LogP contribution in [0.1, 0.15) is 6.23 Å². The van der Waals surface area contributed by atoms with E-state index in [1.54, 1.807) is 0 Å². The molecule has 0 saturated carbocycles. The fourth-order valence-electron chi connectivity index (χ4n) is 2.99. The summed E-state index contributed by atoms with van der Waals surface area (Å²) in [6, 6.07) is 1.07. The standard InChI is InChI=1S/C18H20F2N4O8S2/c19-18(20)14(28)10(9-25)32-15(18)24-4-3-11(21-16(24)29)22-17(30)31-6-8-34-33-7-5-23-12(26)1-2-13(23)27/h1-4,10,14-15,25,28H,5-9H2,(H,21,22,29,30)/t10-,14?,15-/m1/s1. The first-order valence-corrected chi connectivity index (χ1v) is 12.3. The van der Waals surface area contributed by atoms with Crippen LogP contribution in [0.4, 0.5) is 19.4 Å². The van der Waals surface area contributed by atoms with Crippen LogP contribution in [0.5, 0.6) is 0 Å². The SMILES string of the molecule is O=C(Nc1ccn([C@@H]2O[C@H](CO)C(O)C2(F)F)c(=O)n1)OCCSSCCN1C(=O)C=CC1=O. The lowest BCUT2D eigenvalue weighted by atomic mass is 10.1. The van der Waals surface area contributed by atoms with Gasteiger partial charge in [-0.2, -0.15) is 13.8 Å². The third kappa shape index (κ3) is 5.93. The Morgan fingerprint density at radius 1 is 1.24 bits per heavy atom. The normalized spacial score (nSPS) is 23.5. The van der Waals surface area contributed by atoms with Crippen LogP contribution in [0.3, 0.4) is 0 Å². The maximum atomic E-state index is 14.2. The summed E-state index contributed by atoms with van der Waals surface area (Å²) < 4.78 is 38.6. The van der Waals surface area contributed by atoms with Crippen molar-refractivity contribution in [1.82, 2.24) is 14.5 Å². The van der Waals surface area contributed by atoms with E-state index in [1.165, 1.54) is 33.7 Å². The van der Waals surface area contributed by atoms with Gasteiger partial charge in [0.05, 0.1) is 6.61 Å². The first kappa shape index (κ1) is 26.1. The third-order valence-corrected chi connectivity index (χ3v) is 7.00. The van der Waals surface area contributed by atoms with E-state index in [9.17, 15) is 33.1 Å². The molecule has 3 atom stereocenters. The number of rotatable bonds is 10. The number of alkyl halides is 2. The molecule has 2 aliphatic rings. The van der Waals surface area contributed by atoms with E-state index in [2.05, 4.69) is 10.3 Å². The average molecular weight is 523 g/mol. The number of aliphatic hydroxyl groups is 2. The van der Waals surface area contributed by atoms with Crippen molar-refractivity contribution >= 4 is 45.3 Å². The van der Waals surface area contributed by atoms with Crippen molar-refractivity contribution < 1.29 is 42.9 Å². The molecule has 186 valence electrons. The number of aromatic nitrogens is 2. The van der Waals surface area contributed by atoms with Crippen molar-refractivity contribution in [3.63, 3.8) is 0 Å². The van der Waals surface area contributed by atoms with Gasteiger partial charge in [0.1, 0.15) is 18.5 Å². The van der Waals surface area contributed by atoms with Crippen LogP contribution in [0.25, 0.3) is 0 Å². The highest BCUT2D eigenvalue weighted by Crippen LogP contribution is 2.41. The molecular weight excluding hydrogens is 502 g/mol. The molecule has 1 fully saturated rings. The summed E-state index contributed by atoms with van der Waals surface area (Å²) in [6.45, 7) is -0.600. The highest BCUT2D eigenvalue weighted by atomic mass is 33.1. The number of ether oxygens (including phenoxy) is 2. The molecule has 0 radical (unpaired) electrons. The summed E-state index contributed by atoms with van der Waals surface area (Å²) in [6.07, 6.45) is -3.65. The molecule has 3 amide bonds. The van der Waals surface area contributed by atoms with Gasteiger partial charge in [-0.25, -0.2) is 9.59 Å². The Kier molecular flexibility index (Phi) is 8.64. The third-order valence-electron chi connectivity index (χ3n) is 4.65. The van der Waals surface area contributed by atoms with Gasteiger partial charge in [0.15, 0.2) is 6.10 Å². The quantitative estimate of drug-likeness (QED) is 0.215. The van der Waals surface area contributed by atoms with Gasteiger partial charge in [0, 0.05) is 36.4 Å². The maximum Gasteiger partial charge on any atom is 0.412 e. The highest BCUT2D eigenvalue weighted by molar-refractivity contribution is 8.76. The van der Waals surface area contributed by atoms with Crippen LogP contribution in [0.15, 0.2) is 29.2 Å². The van der Waals surface area contributed by atoms with Gasteiger partial charge in [-0.05, 0) is 6.07 Å². The van der Waals surface area contributed by atoms with E-state index in [0.29, 0.717) is 16.1 Å². The van der Waals surface area contributed by atoms with Gasteiger partial charge >= 0.3 is 17.7 Å². The summed E-state index contributed by atoms with van der Waals surface area (Å²) in [7, 11) is 2.74. The summed E-state index contributed by atoms with van der Waals surface area (Å²) in [5.41, 5.74) is -1.18. The number of anilines is 1. The van der Waals surface area contributed by atoms with Gasteiger partial charge in [-0.3, -0.25) is 24.4 Å².